The quantitative estimate of drug-likeness (QED) is 0.626. The SMILES string of the molecule is Cc1nn2c(c1-c1ccccc1)NC1=C(C(=O)CCC1)[C@H]2c1ccc(Cl)cc1. The van der Waals surface area contributed by atoms with Crippen LogP contribution in [0.15, 0.2) is 65.9 Å². The summed E-state index contributed by atoms with van der Waals surface area (Å²) in [6, 6.07) is 17.8. The van der Waals surface area contributed by atoms with Gasteiger partial charge in [-0.25, -0.2) is 4.68 Å². The molecule has 2 heterocycles. The Hall–Kier alpha value is -2.85. The molecule has 1 aliphatic heterocycles. The monoisotopic (exact) mass is 389 g/mol. The first-order valence-corrected chi connectivity index (χ1v) is 9.94. The van der Waals surface area contributed by atoms with Crippen LogP contribution in [0.2, 0.25) is 5.02 Å². The topological polar surface area (TPSA) is 46.9 Å². The molecule has 0 saturated heterocycles. The van der Waals surface area contributed by atoms with E-state index in [1.807, 2.05) is 54.1 Å². The van der Waals surface area contributed by atoms with Gasteiger partial charge in [-0.3, -0.25) is 4.79 Å². The minimum atomic E-state index is -0.229. The number of benzene rings is 2. The molecule has 4 nitrogen and oxygen atoms in total. The Morgan fingerprint density at radius 2 is 1.82 bits per heavy atom. The van der Waals surface area contributed by atoms with Crippen LogP contribution >= 0.6 is 11.6 Å². The number of aryl methyl sites for hydroxylation is 1. The smallest absolute Gasteiger partial charge is 0.163 e. The summed E-state index contributed by atoms with van der Waals surface area (Å²) in [4.78, 5) is 12.9. The van der Waals surface area contributed by atoms with E-state index in [-0.39, 0.29) is 11.8 Å². The maximum Gasteiger partial charge on any atom is 0.163 e. The standard InChI is InChI=1S/C23H20ClN3O/c1-14-20(15-6-3-2-4-7-15)23-25-18-8-5-9-19(28)21(18)22(27(23)26-14)16-10-12-17(24)13-11-16/h2-4,6-7,10-13,22,25H,5,8-9H2,1H3/t22-/m1/s1. The van der Waals surface area contributed by atoms with Crippen molar-refractivity contribution in [1.82, 2.24) is 9.78 Å². The van der Waals surface area contributed by atoms with Crippen LogP contribution in [0.5, 0.6) is 0 Å². The Balaban J connectivity index is 1.75. The minimum Gasteiger partial charge on any atom is -0.343 e. The molecule has 0 saturated carbocycles. The van der Waals surface area contributed by atoms with E-state index in [1.165, 1.54) is 0 Å². The first-order valence-electron chi connectivity index (χ1n) is 9.57. The fourth-order valence-corrected chi connectivity index (χ4v) is 4.46. The summed E-state index contributed by atoms with van der Waals surface area (Å²) in [6.07, 6.45) is 2.35. The number of carbonyl (C=O) groups is 1. The zero-order valence-corrected chi connectivity index (χ0v) is 16.3. The van der Waals surface area contributed by atoms with Crippen LogP contribution in [0.1, 0.15) is 36.6 Å². The summed E-state index contributed by atoms with van der Waals surface area (Å²) in [5, 5.41) is 9.11. The van der Waals surface area contributed by atoms with Crippen LogP contribution in [-0.2, 0) is 4.79 Å². The summed E-state index contributed by atoms with van der Waals surface area (Å²) >= 11 is 6.11. The number of nitrogens with zero attached hydrogens (tertiary/aromatic N) is 2. The number of fused-ring (bicyclic) bond motifs is 1. The third-order valence-corrected chi connectivity index (χ3v) is 5.83. The fourth-order valence-electron chi connectivity index (χ4n) is 4.33. The second kappa shape index (κ2) is 6.64. The van der Waals surface area contributed by atoms with Gasteiger partial charge in [0.05, 0.1) is 5.69 Å². The molecular weight excluding hydrogens is 370 g/mol. The summed E-state index contributed by atoms with van der Waals surface area (Å²) < 4.78 is 1.98. The summed E-state index contributed by atoms with van der Waals surface area (Å²) in [7, 11) is 0. The molecule has 28 heavy (non-hydrogen) atoms. The Morgan fingerprint density at radius 3 is 2.57 bits per heavy atom. The van der Waals surface area contributed by atoms with Gasteiger partial charge in [-0.2, -0.15) is 5.10 Å². The van der Waals surface area contributed by atoms with Gasteiger partial charge in [0.1, 0.15) is 11.9 Å². The Bertz CT molecular complexity index is 1100. The lowest BCUT2D eigenvalue weighted by Gasteiger charge is -2.33. The predicted molar refractivity (Wildman–Crippen MR) is 111 cm³/mol. The van der Waals surface area contributed by atoms with Crippen molar-refractivity contribution < 1.29 is 4.79 Å². The van der Waals surface area contributed by atoms with Crippen molar-refractivity contribution in [2.75, 3.05) is 5.32 Å². The fraction of sp³-hybridized carbons (Fsp3) is 0.217. The van der Waals surface area contributed by atoms with E-state index in [1.54, 1.807) is 0 Å². The first kappa shape index (κ1) is 17.3. The third-order valence-electron chi connectivity index (χ3n) is 5.58. The molecule has 1 aromatic heterocycles. The number of hydrogen-bond donors (Lipinski definition) is 1. The van der Waals surface area contributed by atoms with Crippen molar-refractivity contribution in [1.29, 1.82) is 0 Å². The number of ketones is 1. The van der Waals surface area contributed by atoms with Crippen LogP contribution in [-0.4, -0.2) is 15.6 Å². The zero-order chi connectivity index (χ0) is 19.3. The van der Waals surface area contributed by atoms with E-state index in [4.69, 9.17) is 16.7 Å². The molecule has 1 aliphatic carbocycles. The molecule has 0 fully saturated rings. The maximum absolute atomic E-state index is 12.9. The van der Waals surface area contributed by atoms with Crippen LogP contribution in [0, 0.1) is 6.92 Å². The van der Waals surface area contributed by atoms with Crippen molar-refractivity contribution in [2.45, 2.75) is 32.2 Å². The van der Waals surface area contributed by atoms with Crippen molar-refractivity contribution in [2.24, 2.45) is 0 Å². The molecule has 0 unspecified atom stereocenters. The maximum atomic E-state index is 12.9. The normalized spacial score (nSPS) is 18.5. The predicted octanol–water partition coefficient (Wildman–Crippen LogP) is 5.53. The zero-order valence-electron chi connectivity index (χ0n) is 15.6. The molecule has 5 heteroatoms. The lowest BCUT2D eigenvalue weighted by molar-refractivity contribution is -0.116. The van der Waals surface area contributed by atoms with Gasteiger partial charge in [-0.15, -0.1) is 0 Å². The molecule has 1 N–H and O–H groups in total. The number of carbonyl (C=O) groups excluding carboxylic acids is 1. The molecule has 0 spiro atoms. The number of nitrogens with one attached hydrogen (secondary N) is 1. The number of Topliss-reactive ketones (excluding diaryl/α,β-unsaturated/α-hetero) is 1. The molecule has 0 bridgehead atoms. The lowest BCUT2D eigenvalue weighted by Crippen LogP contribution is -2.31. The van der Waals surface area contributed by atoms with Gasteiger partial charge in [-0.05, 0) is 43.0 Å². The largest absolute Gasteiger partial charge is 0.343 e. The van der Waals surface area contributed by atoms with Gasteiger partial charge in [0, 0.05) is 28.3 Å². The van der Waals surface area contributed by atoms with E-state index in [2.05, 4.69) is 17.4 Å². The Labute approximate surface area is 168 Å². The summed E-state index contributed by atoms with van der Waals surface area (Å²) in [5.41, 5.74) is 6.04. The second-order valence-electron chi connectivity index (χ2n) is 7.37. The second-order valence-corrected chi connectivity index (χ2v) is 7.80. The number of halogens is 1. The van der Waals surface area contributed by atoms with E-state index in [9.17, 15) is 4.79 Å². The minimum absolute atomic E-state index is 0.203. The molecule has 140 valence electrons. The molecule has 2 aromatic carbocycles. The number of allylic oxidation sites excluding steroid dienone is 2. The summed E-state index contributed by atoms with van der Waals surface area (Å²) in [5.74, 6) is 1.16. The van der Waals surface area contributed by atoms with Gasteiger partial charge in [0.2, 0.25) is 0 Å². The molecule has 2 aliphatic rings. The molecule has 1 atom stereocenters. The van der Waals surface area contributed by atoms with E-state index in [0.29, 0.717) is 11.4 Å². The third kappa shape index (κ3) is 2.68. The summed E-state index contributed by atoms with van der Waals surface area (Å²) in [6.45, 7) is 2.02. The van der Waals surface area contributed by atoms with Crippen LogP contribution in [0.3, 0.4) is 0 Å². The molecule has 0 radical (unpaired) electrons. The van der Waals surface area contributed by atoms with Crippen LogP contribution in [0.4, 0.5) is 5.82 Å². The number of rotatable bonds is 2. The molecule has 0 amide bonds. The van der Waals surface area contributed by atoms with Gasteiger partial charge in [0.15, 0.2) is 5.78 Å². The number of hydrogen-bond acceptors (Lipinski definition) is 3. The highest BCUT2D eigenvalue weighted by Crippen LogP contribution is 2.44. The van der Waals surface area contributed by atoms with E-state index in [0.717, 1.165) is 52.3 Å². The van der Waals surface area contributed by atoms with E-state index < -0.39 is 0 Å². The average molecular weight is 390 g/mol. The van der Waals surface area contributed by atoms with E-state index >= 15 is 0 Å². The highest BCUT2D eigenvalue weighted by Gasteiger charge is 2.37. The van der Waals surface area contributed by atoms with Crippen LogP contribution in [0.25, 0.3) is 11.1 Å². The van der Waals surface area contributed by atoms with Crippen molar-refractivity contribution >= 4 is 23.2 Å². The first-order chi connectivity index (χ1) is 13.6. The molecule has 3 aromatic rings. The highest BCUT2D eigenvalue weighted by molar-refractivity contribution is 6.30. The Kier molecular flexibility index (Phi) is 4.09. The molecule has 5 rings (SSSR count). The lowest BCUT2D eigenvalue weighted by atomic mass is 9.85. The van der Waals surface area contributed by atoms with Crippen LogP contribution < -0.4 is 5.32 Å². The number of aromatic nitrogens is 2. The number of anilines is 1. The Morgan fingerprint density at radius 1 is 1.07 bits per heavy atom. The molecular formula is C23H20ClN3O. The van der Waals surface area contributed by atoms with Gasteiger partial charge in [-0.1, -0.05) is 54.1 Å². The van der Waals surface area contributed by atoms with Crippen molar-refractivity contribution in [3.8, 4) is 11.1 Å². The van der Waals surface area contributed by atoms with Gasteiger partial charge in [0.25, 0.3) is 0 Å². The van der Waals surface area contributed by atoms with Gasteiger partial charge >= 0.3 is 0 Å². The van der Waals surface area contributed by atoms with Crippen molar-refractivity contribution in [3.63, 3.8) is 0 Å². The highest BCUT2D eigenvalue weighted by atomic mass is 35.5. The average Bonchev–Trinajstić information content (AvgIpc) is 3.03. The van der Waals surface area contributed by atoms with Gasteiger partial charge < -0.3 is 5.32 Å². The van der Waals surface area contributed by atoms with Crippen molar-refractivity contribution in [3.05, 3.63) is 82.1 Å².